The Bertz CT molecular complexity index is 1010. The maximum absolute atomic E-state index is 10.6. The van der Waals surface area contributed by atoms with Crippen LogP contribution in [0.4, 0.5) is 26.3 Å². The van der Waals surface area contributed by atoms with Crippen LogP contribution in [0.3, 0.4) is 0 Å². The molecular weight excluding hydrogens is 548 g/mol. The molecule has 3 atom stereocenters. The third kappa shape index (κ3) is 10.2. The predicted octanol–water partition coefficient (Wildman–Crippen LogP) is 4.06. The Balaban J connectivity index is 0.000000301. The molecule has 1 saturated carbocycles. The lowest BCUT2D eigenvalue weighted by molar-refractivity contribution is -0.193. The molecule has 0 unspecified atom stereocenters. The number of thiazole rings is 1. The Labute approximate surface area is 217 Å². The number of rotatable bonds is 5. The molecule has 3 heterocycles. The zero-order valence-corrected chi connectivity index (χ0v) is 20.7. The Morgan fingerprint density at radius 3 is 2.18 bits per heavy atom. The van der Waals surface area contributed by atoms with Gasteiger partial charge in [-0.15, -0.1) is 11.3 Å². The third-order valence-corrected chi connectivity index (χ3v) is 6.20. The van der Waals surface area contributed by atoms with E-state index in [4.69, 9.17) is 29.3 Å². The summed E-state index contributed by atoms with van der Waals surface area (Å²) >= 11 is 1.73. The van der Waals surface area contributed by atoms with Crippen LogP contribution in [0.25, 0.3) is 0 Å². The molecule has 1 aliphatic carbocycles. The first kappa shape index (κ1) is 31.4. The topological polar surface area (TPSA) is 122 Å². The summed E-state index contributed by atoms with van der Waals surface area (Å²) in [6, 6.07) is 4.46. The molecule has 2 aliphatic rings. The number of ether oxygens (including phenoxy) is 2. The molecule has 38 heavy (non-hydrogen) atoms. The third-order valence-electron chi connectivity index (χ3n) is 5.38. The van der Waals surface area contributed by atoms with E-state index in [-0.39, 0.29) is 12.2 Å². The lowest BCUT2D eigenvalue weighted by Crippen LogP contribution is -2.51. The molecule has 2 aromatic rings. The Morgan fingerprint density at radius 2 is 1.68 bits per heavy atom. The number of aromatic nitrogens is 2. The van der Waals surface area contributed by atoms with E-state index in [0.29, 0.717) is 12.6 Å². The number of pyridine rings is 1. The van der Waals surface area contributed by atoms with Gasteiger partial charge in [-0.25, -0.2) is 14.6 Å². The number of aryl methyl sites for hydroxylation is 1. The van der Waals surface area contributed by atoms with Crippen LogP contribution in [0.5, 0.6) is 0 Å². The zero-order chi connectivity index (χ0) is 28.5. The number of hydrogen-bond donors (Lipinski definition) is 2. The van der Waals surface area contributed by atoms with Crippen LogP contribution in [0, 0.1) is 6.92 Å². The van der Waals surface area contributed by atoms with Crippen LogP contribution < -0.4 is 0 Å². The molecule has 0 radical (unpaired) electrons. The molecule has 212 valence electrons. The summed E-state index contributed by atoms with van der Waals surface area (Å²) in [4.78, 5) is 29.0. The van der Waals surface area contributed by atoms with Gasteiger partial charge in [-0.1, -0.05) is 0 Å². The quantitative estimate of drug-likeness (QED) is 0.510. The number of hydrogen-bond acceptors (Lipinski definition) is 8. The van der Waals surface area contributed by atoms with Gasteiger partial charge in [-0.05, 0) is 37.5 Å². The summed E-state index contributed by atoms with van der Waals surface area (Å²) in [5.74, 6) is -5.51. The molecule has 16 heteroatoms. The van der Waals surface area contributed by atoms with Gasteiger partial charge >= 0.3 is 24.3 Å². The molecule has 4 rings (SSSR count). The Kier molecular flexibility index (Phi) is 11.4. The summed E-state index contributed by atoms with van der Waals surface area (Å²) in [5, 5.41) is 17.6. The molecule has 0 aromatic carbocycles. The van der Waals surface area contributed by atoms with Gasteiger partial charge in [0.2, 0.25) is 0 Å². The normalized spacial score (nSPS) is 21.4. The van der Waals surface area contributed by atoms with Crippen molar-refractivity contribution < 1.29 is 55.6 Å². The highest BCUT2D eigenvalue weighted by Gasteiger charge is 2.43. The molecule has 1 aliphatic heterocycles. The monoisotopic (exact) mass is 573 g/mol. The van der Waals surface area contributed by atoms with E-state index in [1.165, 1.54) is 11.3 Å². The van der Waals surface area contributed by atoms with E-state index in [9.17, 15) is 26.3 Å². The second-order valence-corrected chi connectivity index (χ2v) is 9.18. The van der Waals surface area contributed by atoms with E-state index in [2.05, 4.69) is 27.2 Å². The van der Waals surface area contributed by atoms with Gasteiger partial charge in [0.1, 0.15) is 0 Å². The van der Waals surface area contributed by atoms with E-state index >= 15 is 0 Å². The Hall–Kier alpha value is -2.82. The molecule has 9 nitrogen and oxygen atoms in total. The van der Waals surface area contributed by atoms with Crippen molar-refractivity contribution in [1.29, 1.82) is 0 Å². The summed E-state index contributed by atoms with van der Waals surface area (Å²) in [5.41, 5.74) is 2.35. The maximum Gasteiger partial charge on any atom is 0.490 e. The minimum absolute atomic E-state index is 0.181. The number of fused-ring (bicyclic) bond motifs is 1. The van der Waals surface area contributed by atoms with E-state index in [0.717, 1.165) is 37.5 Å². The van der Waals surface area contributed by atoms with Gasteiger partial charge in [-0.2, -0.15) is 26.3 Å². The molecule has 0 bridgehead atoms. The average Bonchev–Trinajstić information content (AvgIpc) is 3.44. The van der Waals surface area contributed by atoms with Gasteiger partial charge in [0, 0.05) is 36.9 Å². The van der Waals surface area contributed by atoms with Gasteiger partial charge in [0.05, 0.1) is 36.1 Å². The van der Waals surface area contributed by atoms with Crippen molar-refractivity contribution >= 4 is 23.3 Å². The van der Waals surface area contributed by atoms with Crippen molar-refractivity contribution in [2.24, 2.45) is 0 Å². The fourth-order valence-electron chi connectivity index (χ4n) is 3.74. The van der Waals surface area contributed by atoms with Gasteiger partial charge < -0.3 is 19.7 Å². The molecule has 1 saturated heterocycles. The highest BCUT2D eigenvalue weighted by Crippen LogP contribution is 2.33. The fraction of sp³-hybridized carbons (Fsp3) is 0.545. The summed E-state index contributed by atoms with van der Waals surface area (Å²) in [6.07, 6.45) is -3.99. The number of carboxylic acids is 2. The standard InChI is InChI=1S/C18H23N3O2S.2C2HF3O2/c1-13-20-15(12-24-13)10-21-8-9-22-18-16(21)2-3-17(18)23-11-14-4-6-19-7-5-14;2*3-2(4,5)1(6)7/h4-7,12,16-18H,2-3,8-11H2,1H3;2*(H,6,7)/t16-,17+,18+;;/m0../s1. The Morgan fingerprint density at radius 1 is 1.11 bits per heavy atom. The summed E-state index contributed by atoms with van der Waals surface area (Å²) in [7, 11) is 0. The number of carboxylic acid groups (broad SMARTS) is 2. The van der Waals surface area contributed by atoms with Crippen LogP contribution in [0.2, 0.25) is 0 Å². The van der Waals surface area contributed by atoms with Crippen molar-refractivity contribution in [3.05, 3.63) is 46.2 Å². The second-order valence-electron chi connectivity index (χ2n) is 8.12. The molecule has 2 N–H and O–H groups in total. The smallest absolute Gasteiger partial charge is 0.475 e. The first-order valence-corrected chi connectivity index (χ1v) is 11.9. The van der Waals surface area contributed by atoms with Crippen molar-refractivity contribution in [2.45, 2.75) is 63.5 Å². The number of carbonyl (C=O) groups is 2. The SMILES string of the molecule is Cc1nc(CN2CCO[C@H]3[C@H](OCc4ccncc4)CC[C@@H]32)cs1.O=C(O)C(F)(F)F.O=C(O)C(F)(F)F. The molecule has 2 fully saturated rings. The number of alkyl halides is 6. The van der Waals surface area contributed by atoms with Crippen LogP contribution in [0.1, 0.15) is 29.1 Å². The van der Waals surface area contributed by atoms with Gasteiger partial charge in [0.25, 0.3) is 0 Å². The first-order chi connectivity index (χ1) is 17.7. The van der Waals surface area contributed by atoms with Crippen LogP contribution >= 0.6 is 11.3 Å². The van der Waals surface area contributed by atoms with E-state index in [1.807, 2.05) is 24.5 Å². The summed E-state index contributed by atoms with van der Waals surface area (Å²) in [6.45, 7) is 5.38. The molecule has 0 spiro atoms. The van der Waals surface area contributed by atoms with Crippen LogP contribution in [0.15, 0.2) is 29.9 Å². The molecule has 2 aromatic heterocycles. The average molecular weight is 574 g/mol. The van der Waals surface area contributed by atoms with Crippen LogP contribution in [-0.2, 0) is 32.2 Å². The van der Waals surface area contributed by atoms with E-state index in [1.54, 1.807) is 11.3 Å². The fourth-order valence-corrected chi connectivity index (χ4v) is 4.34. The van der Waals surface area contributed by atoms with Crippen molar-refractivity contribution in [3.8, 4) is 0 Å². The van der Waals surface area contributed by atoms with Crippen molar-refractivity contribution in [1.82, 2.24) is 14.9 Å². The maximum atomic E-state index is 10.6. The van der Waals surface area contributed by atoms with Crippen molar-refractivity contribution in [2.75, 3.05) is 13.2 Å². The lowest BCUT2D eigenvalue weighted by atomic mass is 10.1. The molecule has 0 amide bonds. The minimum atomic E-state index is -5.08. The largest absolute Gasteiger partial charge is 0.490 e. The minimum Gasteiger partial charge on any atom is -0.475 e. The highest BCUT2D eigenvalue weighted by molar-refractivity contribution is 7.09. The lowest BCUT2D eigenvalue weighted by Gasteiger charge is -2.38. The van der Waals surface area contributed by atoms with E-state index < -0.39 is 24.3 Å². The van der Waals surface area contributed by atoms with Crippen molar-refractivity contribution in [3.63, 3.8) is 0 Å². The first-order valence-electron chi connectivity index (χ1n) is 11.1. The number of aliphatic carboxylic acids is 2. The number of nitrogens with zero attached hydrogens (tertiary/aromatic N) is 3. The summed E-state index contributed by atoms with van der Waals surface area (Å²) < 4.78 is 75.7. The van der Waals surface area contributed by atoms with Gasteiger partial charge in [-0.3, -0.25) is 9.88 Å². The van der Waals surface area contributed by atoms with Gasteiger partial charge in [0.15, 0.2) is 0 Å². The number of halogens is 6. The predicted molar refractivity (Wildman–Crippen MR) is 120 cm³/mol. The highest BCUT2D eigenvalue weighted by atomic mass is 32.1. The molecular formula is C22H25F6N3O6S. The number of morpholine rings is 1. The van der Waals surface area contributed by atoms with Crippen LogP contribution in [-0.4, -0.2) is 80.8 Å². The second kappa shape index (κ2) is 13.8. The zero-order valence-electron chi connectivity index (χ0n) is 19.9.